The zero-order valence-corrected chi connectivity index (χ0v) is 16.7. The van der Waals surface area contributed by atoms with Gasteiger partial charge in [0, 0.05) is 18.3 Å². The molecule has 0 saturated carbocycles. The molecule has 12 heteroatoms. The summed E-state index contributed by atoms with van der Waals surface area (Å²) in [5.74, 6) is -2.32. The van der Waals surface area contributed by atoms with Gasteiger partial charge in [0.1, 0.15) is 21.9 Å². The number of amides is 1. The maximum Gasteiger partial charge on any atom is 0.416 e. The maximum absolute atomic E-state index is 14.4. The standard InChI is InChI=1S/C18H8Cl3F4N3O2/c19-11-6-14(20)26-7-10(11)17(29)27-13-2-1-9(5-12(13)22)30-16-4-8(18(23,24)25)3-15(21)28-16/h1-7H,(H,27,29). The van der Waals surface area contributed by atoms with Crippen LogP contribution in [0.1, 0.15) is 15.9 Å². The fourth-order valence-corrected chi connectivity index (χ4v) is 2.89. The summed E-state index contributed by atoms with van der Waals surface area (Å²) in [5.41, 5.74) is -1.34. The summed E-state index contributed by atoms with van der Waals surface area (Å²) >= 11 is 17.1. The van der Waals surface area contributed by atoms with Crippen molar-refractivity contribution < 1.29 is 27.1 Å². The number of hydrogen-bond donors (Lipinski definition) is 1. The number of halogens is 7. The Morgan fingerprint density at radius 1 is 1.03 bits per heavy atom. The first-order chi connectivity index (χ1) is 14.0. The van der Waals surface area contributed by atoms with Gasteiger partial charge in [0.2, 0.25) is 5.88 Å². The molecule has 2 heterocycles. The van der Waals surface area contributed by atoms with Gasteiger partial charge >= 0.3 is 6.18 Å². The van der Waals surface area contributed by atoms with E-state index in [1.165, 1.54) is 12.1 Å². The van der Waals surface area contributed by atoms with Crippen LogP contribution < -0.4 is 10.1 Å². The third kappa shape index (κ3) is 5.29. The molecule has 0 unspecified atom stereocenters. The Labute approximate surface area is 181 Å². The van der Waals surface area contributed by atoms with Crippen molar-refractivity contribution in [1.29, 1.82) is 0 Å². The molecule has 0 fully saturated rings. The van der Waals surface area contributed by atoms with Gasteiger partial charge in [-0.1, -0.05) is 34.8 Å². The lowest BCUT2D eigenvalue weighted by Gasteiger charge is -2.11. The van der Waals surface area contributed by atoms with Gasteiger partial charge in [-0.3, -0.25) is 4.79 Å². The molecule has 0 atom stereocenters. The van der Waals surface area contributed by atoms with Gasteiger partial charge in [0.25, 0.3) is 5.91 Å². The highest BCUT2D eigenvalue weighted by Crippen LogP contribution is 2.34. The largest absolute Gasteiger partial charge is 0.439 e. The zero-order chi connectivity index (χ0) is 22.1. The van der Waals surface area contributed by atoms with E-state index in [-0.39, 0.29) is 27.2 Å². The van der Waals surface area contributed by atoms with Gasteiger partial charge in [-0.25, -0.2) is 14.4 Å². The summed E-state index contributed by atoms with van der Waals surface area (Å²) in [6, 6.07) is 5.72. The molecule has 0 bridgehead atoms. The Bertz CT molecular complexity index is 1130. The first kappa shape index (κ1) is 22.1. The molecule has 0 radical (unpaired) electrons. The number of nitrogens with zero attached hydrogens (tertiary/aromatic N) is 2. The third-order valence-corrected chi connectivity index (χ3v) is 4.29. The molecule has 2 aromatic heterocycles. The van der Waals surface area contributed by atoms with Crippen LogP contribution in [0, 0.1) is 5.82 Å². The van der Waals surface area contributed by atoms with E-state index in [0.717, 1.165) is 18.3 Å². The number of carbonyl (C=O) groups is 1. The highest BCUT2D eigenvalue weighted by Gasteiger charge is 2.32. The van der Waals surface area contributed by atoms with Gasteiger partial charge < -0.3 is 10.1 Å². The molecular weight excluding hydrogens is 473 g/mol. The summed E-state index contributed by atoms with van der Waals surface area (Å²) in [6.45, 7) is 0. The van der Waals surface area contributed by atoms with E-state index < -0.39 is 34.5 Å². The predicted molar refractivity (Wildman–Crippen MR) is 103 cm³/mol. The molecule has 1 N–H and O–H groups in total. The summed E-state index contributed by atoms with van der Waals surface area (Å²) < 4.78 is 58.1. The quantitative estimate of drug-likeness (QED) is 0.336. The molecule has 5 nitrogen and oxygen atoms in total. The highest BCUT2D eigenvalue weighted by atomic mass is 35.5. The van der Waals surface area contributed by atoms with Crippen molar-refractivity contribution in [3.63, 3.8) is 0 Å². The normalized spacial score (nSPS) is 11.3. The van der Waals surface area contributed by atoms with E-state index in [0.29, 0.717) is 12.1 Å². The van der Waals surface area contributed by atoms with Crippen LogP contribution >= 0.6 is 34.8 Å². The summed E-state index contributed by atoms with van der Waals surface area (Å²) in [6.07, 6.45) is -3.54. The summed E-state index contributed by atoms with van der Waals surface area (Å²) in [5, 5.41) is 1.94. The van der Waals surface area contributed by atoms with Gasteiger partial charge in [0.15, 0.2) is 0 Å². The van der Waals surface area contributed by atoms with Crippen LogP contribution in [0.4, 0.5) is 23.2 Å². The van der Waals surface area contributed by atoms with E-state index >= 15 is 0 Å². The number of benzene rings is 1. The van der Waals surface area contributed by atoms with Crippen LogP contribution in [-0.4, -0.2) is 15.9 Å². The Balaban J connectivity index is 1.79. The number of hydrogen-bond acceptors (Lipinski definition) is 4. The summed E-state index contributed by atoms with van der Waals surface area (Å²) in [7, 11) is 0. The molecule has 1 aromatic carbocycles. The second kappa shape index (κ2) is 8.63. The number of aromatic nitrogens is 2. The van der Waals surface area contributed by atoms with Crippen molar-refractivity contribution in [2.45, 2.75) is 6.18 Å². The Hall–Kier alpha value is -2.62. The number of ether oxygens (including phenoxy) is 1. The van der Waals surface area contributed by atoms with Crippen molar-refractivity contribution >= 4 is 46.4 Å². The van der Waals surface area contributed by atoms with Crippen LogP contribution in [0.2, 0.25) is 15.3 Å². The molecular formula is C18H8Cl3F4N3O2. The van der Waals surface area contributed by atoms with Crippen molar-refractivity contribution in [2.24, 2.45) is 0 Å². The molecule has 30 heavy (non-hydrogen) atoms. The van der Waals surface area contributed by atoms with Crippen LogP contribution in [0.5, 0.6) is 11.6 Å². The van der Waals surface area contributed by atoms with Crippen LogP contribution in [-0.2, 0) is 6.18 Å². The van der Waals surface area contributed by atoms with E-state index in [1.54, 1.807) is 0 Å². The molecule has 0 spiro atoms. The minimum Gasteiger partial charge on any atom is -0.439 e. The topological polar surface area (TPSA) is 64.1 Å². The first-order valence-electron chi connectivity index (χ1n) is 7.87. The lowest BCUT2D eigenvalue weighted by atomic mass is 10.2. The Morgan fingerprint density at radius 3 is 2.40 bits per heavy atom. The third-order valence-electron chi connectivity index (χ3n) is 3.57. The molecule has 0 aliphatic carbocycles. The van der Waals surface area contributed by atoms with E-state index in [2.05, 4.69) is 15.3 Å². The lowest BCUT2D eigenvalue weighted by molar-refractivity contribution is -0.137. The van der Waals surface area contributed by atoms with Gasteiger partial charge in [-0.05, 0) is 24.3 Å². The smallest absolute Gasteiger partial charge is 0.416 e. The molecule has 0 saturated heterocycles. The van der Waals surface area contributed by atoms with E-state index in [4.69, 9.17) is 39.5 Å². The molecule has 0 aliphatic rings. The number of rotatable bonds is 4. The minimum absolute atomic E-state index is 0.0142. The monoisotopic (exact) mass is 479 g/mol. The lowest BCUT2D eigenvalue weighted by Crippen LogP contribution is -2.14. The molecule has 3 rings (SSSR count). The highest BCUT2D eigenvalue weighted by molar-refractivity contribution is 6.36. The summed E-state index contributed by atoms with van der Waals surface area (Å²) in [4.78, 5) is 19.6. The molecule has 1 amide bonds. The second-order valence-corrected chi connectivity index (χ2v) is 6.88. The molecule has 156 valence electrons. The predicted octanol–water partition coefficient (Wildman–Crippen LogP) is 6.64. The average molecular weight is 481 g/mol. The zero-order valence-electron chi connectivity index (χ0n) is 14.4. The van der Waals surface area contributed by atoms with Gasteiger partial charge in [0.05, 0.1) is 21.8 Å². The fourth-order valence-electron chi connectivity index (χ4n) is 2.23. The van der Waals surface area contributed by atoms with Crippen molar-refractivity contribution in [3.8, 4) is 11.6 Å². The first-order valence-corrected chi connectivity index (χ1v) is 9.01. The minimum atomic E-state index is -4.66. The van der Waals surface area contributed by atoms with E-state index in [1.807, 2.05) is 0 Å². The van der Waals surface area contributed by atoms with E-state index in [9.17, 15) is 22.4 Å². The number of anilines is 1. The van der Waals surface area contributed by atoms with Crippen molar-refractivity contribution in [1.82, 2.24) is 9.97 Å². The Morgan fingerprint density at radius 2 is 1.77 bits per heavy atom. The second-order valence-electron chi connectivity index (χ2n) is 5.70. The number of nitrogens with one attached hydrogen (secondary N) is 1. The van der Waals surface area contributed by atoms with Crippen LogP contribution in [0.25, 0.3) is 0 Å². The molecule has 3 aromatic rings. The van der Waals surface area contributed by atoms with Crippen LogP contribution in [0.15, 0.2) is 42.6 Å². The molecule has 0 aliphatic heterocycles. The van der Waals surface area contributed by atoms with Crippen LogP contribution in [0.3, 0.4) is 0 Å². The van der Waals surface area contributed by atoms with Gasteiger partial charge in [-0.2, -0.15) is 13.2 Å². The number of alkyl halides is 3. The number of pyridine rings is 2. The van der Waals surface area contributed by atoms with Crippen molar-refractivity contribution in [2.75, 3.05) is 5.32 Å². The maximum atomic E-state index is 14.4. The average Bonchev–Trinajstić information content (AvgIpc) is 2.62. The number of carbonyl (C=O) groups excluding carboxylic acids is 1. The Kier molecular flexibility index (Phi) is 6.35. The fraction of sp³-hybridized carbons (Fsp3) is 0.0556. The SMILES string of the molecule is O=C(Nc1ccc(Oc2cc(C(F)(F)F)cc(Cl)n2)cc1F)c1cnc(Cl)cc1Cl. The van der Waals surface area contributed by atoms with Gasteiger partial charge in [-0.15, -0.1) is 0 Å². The van der Waals surface area contributed by atoms with Crippen molar-refractivity contribution in [3.05, 3.63) is 74.9 Å².